The van der Waals surface area contributed by atoms with E-state index >= 15 is 0 Å². The molecule has 2 aromatic carbocycles. The molecular weight excluding hydrogens is 481 g/mol. The van der Waals surface area contributed by atoms with Gasteiger partial charge in [0, 0.05) is 30.3 Å². The number of hydrogen-bond donors (Lipinski definition) is 2. The van der Waals surface area contributed by atoms with Crippen molar-refractivity contribution >= 4 is 45.6 Å². The van der Waals surface area contributed by atoms with Gasteiger partial charge in [-0.1, -0.05) is 29.5 Å². The quantitative estimate of drug-likeness (QED) is 0.361. The highest BCUT2D eigenvalue weighted by molar-refractivity contribution is 6.31. The Kier molecular flexibility index (Phi) is 7.85. The third-order valence-electron chi connectivity index (χ3n) is 5.67. The molecule has 9 heteroatoms. The summed E-state index contributed by atoms with van der Waals surface area (Å²) in [6.45, 7) is 3.95. The van der Waals surface area contributed by atoms with Crippen LogP contribution >= 0.6 is 11.6 Å². The molecule has 0 radical (unpaired) electrons. The summed E-state index contributed by atoms with van der Waals surface area (Å²) in [4.78, 5) is 23.4. The fourth-order valence-corrected chi connectivity index (χ4v) is 3.83. The number of likely N-dealkylation sites (N-methyl/N-ethyl adjacent to an activating group) is 1. The predicted octanol–water partition coefficient (Wildman–Crippen LogP) is 5.00. The van der Waals surface area contributed by atoms with Gasteiger partial charge in [0.25, 0.3) is 0 Å². The van der Waals surface area contributed by atoms with Crippen LogP contribution in [0.15, 0.2) is 48.8 Å². The molecule has 0 unspecified atom stereocenters. The van der Waals surface area contributed by atoms with Crippen LogP contribution in [0.1, 0.15) is 18.9 Å². The zero-order valence-electron chi connectivity index (χ0n) is 20.4. The normalized spacial score (nSPS) is 17.4. The maximum Gasteiger partial charge on any atom is 0.248 e. The van der Waals surface area contributed by atoms with Gasteiger partial charge in [0.05, 0.1) is 33.8 Å². The number of aromatic nitrogens is 2. The molecule has 1 amide bonds. The molecule has 1 aromatic heterocycles. The second kappa shape index (κ2) is 11.0. The summed E-state index contributed by atoms with van der Waals surface area (Å²) in [7, 11) is 3.85. The molecule has 0 spiro atoms. The molecule has 1 atom stereocenters. The van der Waals surface area contributed by atoms with Crippen molar-refractivity contribution in [2.24, 2.45) is 5.41 Å². The first-order valence-electron chi connectivity index (χ1n) is 11.5. The number of nitrogens with zero attached hydrogens (tertiary/aromatic N) is 3. The maximum atomic E-state index is 13.6. The fraction of sp³-hybridized carbons (Fsp3) is 0.296. The van der Waals surface area contributed by atoms with Crippen LogP contribution in [-0.4, -0.2) is 54.6 Å². The molecule has 1 aliphatic heterocycles. The SMILES string of the molecule is CN(C)C/C=C/C(=O)Nc1cc2c(Nc3ccc(F)c(Cl)c3)ncnc2cc1C#C[C@]1(C)CCOC1. The summed E-state index contributed by atoms with van der Waals surface area (Å²) in [5, 5.41) is 6.75. The lowest BCUT2D eigenvalue weighted by Gasteiger charge is -2.14. The summed E-state index contributed by atoms with van der Waals surface area (Å²) in [6, 6.07) is 7.94. The lowest BCUT2D eigenvalue weighted by Crippen LogP contribution is -2.14. The van der Waals surface area contributed by atoms with Crippen LogP contribution in [0.4, 0.5) is 21.6 Å². The van der Waals surface area contributed by atoms with E-state index in [2.05, 4.69) is 39.4 Å². The van der Waals surface area contributed by atoms with Gasteiger partial charge in [-0.05, 0) is 57.8 Å². The number of benzene rings is 2. The number of fused-ring (bicyclic) bond motifs is 1. The molecule has 36 heavy (non-hydrogen) atoms. The Morgan fingerprint density at radius 1 is 1.31 bits per heavy atom. The molecule has 2 heterocycles. The van der Waals surface area contributed by atoms with Gasteiger partial charge in [-0.3, -0.25) is 4.79 Å². The van der Waals surface area contributed by atoms with E-state index in [1.807, 2.05) is 25.1 Å². The van der Waals surface area contributed by atoms with Crippen molar-refractivity contribution in [2.45, 2.75) is 13.3 Å². The molecule has 1 saturated heterocycles. The van der Waals surface area contributed by atoms with Crippen molar-refractivity contribution in [3.63, 3.8) is 0 Å². The minimum Gasteiger partial charge on any atom is -0.380 e. The molecule has 1 fully saturated rings. The van der Waals surface area contributed by atoms with E-state index in [-0.39, 0.29) is 16.3 Å². The van der Waals surface area contributed by atoms with Gasteiger partial charge in [0.2, 0.25) is 5.91 Å². The lowest BCUT2D eigenvalue weighted by atomic mass is 9.90. The summed E-state index contributed by atoms with van der Waals surface area (Å²) in [5.41, 5.74) is 2.13. The molecule has 2 N–H and O–H groups in total. The number of rotatable bonds is 6. The number of carbonyl (C=O) groups excluding carboxylic acids is 1. The van der Waals surface area contributed by atoms with Crippen molar-refractivity contribution in [1.29, 1.82) is 0 Å². The summed E-state index contributed by atoms with van der Waals surface area (Å²) >= 11 is 5.93. The minimum atomic E-state index is -0.508. The highest BCUT2D eigenvalue weighted by Crippen LogP contribution is 2.31. The van der Waals surface area contributed by atoms with Crippen molar-refractivity contribution in [1.82, 2.24) is 14.9 Å². The molecule has 4 rings (SSSR count). The molecule has 186 valence electrons. The summed E-state index contributed by atoms with van der Waals surface area (Å²) in [5.74, 6) is 6.25. The Morgan fingerprint density at radius 2 is 2.14 bits per heavy atom. The Labute approximate surface area is 214 Å². The molecule has 0 saturated carbocycles. The van der Waals surface area contributed by atoms with Crippen LogP contribution < -0.4 is 10.6 Å². The van der Waals surface area contributed by atoms with Gasteiger partial charge in [-0.25, -0.2) is 14.4 Å². The summed E-state index contributed by atoms with van der Waals surface area (Å²) < 4.78 is 19.1. The Hall–Kier alpha value is -3.51. The van der Waals surface area contributed by atoms with E-state index in [0.717, 1.165) is 6.42 Å². The van der Waals surface area contributed by atoms with Gasteiger partial charge < -0.3 is 20.3 Å². The maximum absolute atomic E-state index is 13.6. The predicted molar refractivity (Wildman–Crippen MR) is 141 cm³/mol. The average Bonchev–Trinajstić information content (AvgIpc) is 3.27. The zero-order chi connectivity index (χ0) is 25.7. The highest BCUT2D eigenvalue weighted by Gasteiger charge is 2.27. The second-order valence-corrected chi connectivity index (χ2v) is 9.57. The Morgan fingerprint density at radius 3 is 2.86 bits per heavy atom. The van der Waals surface area contributed by atoms with Crippen LogP contribution in [0.2, 0.25) is 5.02 Å². The first-order chi connectivity index (χ1) is 17.2. The molecule has 0 aliphatic carbocycles. The smallest absolute Gasteiger partial charge is 0.248 e. The number of anilines is 3. The number of carbonyl (C=O) groups is 1. The molecular formula is C27H27ClFN5O2. The zero-order valence-corrected chi connectivity index (χ0v) is 21.1. The standard InChI is InChI=1S/C27H27ClFN5O2/c1-27(10-12-36-16-27)9-8-18-13-24-20(15-23(18)33-25(35)5-4-11-34(2)3)26(31-17-30-24)32-19-6-7-22(29)21(28)14-19/h4-7,13-15,17H,10-12,16H2,1-3H3,(H,33,35)(H,30,31,32)/b5-4+/t27-/m1/s1. The van der Waals surface area contributed by atoms with E-state index < -0.39 is 5.82 Å². The van der Waals surface area contributed by atoms with Crippen LogP contribution in [0.3, 0.4) is 0 Å². The van der Waals surface area contributed by atoms with E-state index in [1.165, 1.54) is 24.5 Å². The number of nitrogens with one attached hydrogen (secondary N) is 2. The van der Waals surface area contributed by atoms with Crippen LogP contribution in [0, 0.1) is 23.1 Å². The van der Waals surface area contributed by atoms with Crippen molar-refractivity contribution < 1.29 is 13.9 Å². The molecule has 7 nitrogen and oxygen atoms in total. The van der Waals surface area contributed by atoms with Gasteiger partial charge in [0.15, 0.2) is 0 Å². The van der Waals surface area contributed by atoms with E-state index in [1.54, 1.807) is 18.2 Å². The van der Waals surface area contributed by atoms with Crippen molar-refractivity contribution in [3.05, 3.63) is 65.2 Å². The van der Waals surface area contributed by atoms with Crippen molar-refractivity contribution in [2.75, 3.05) is 44.5 Å². The number of amides is 1. The van der Waals surface area contributed by atoms with Crippen LogP contribution in [0.25, 0.3) is 10.9 Å². The molecule has 0 bridgehead atoms. The van der Waals surface area contributed by atoms with Gasteiger partial charge in [-0.2, -0.15) is 0 Å². The average molecular weight is 508 g/mol. The van der Waals surface area contributed by atoms with E-state index in [4.69, 9.17) is 16.3 Å². The van der Waals surface area contributed by atoms with Gasteiger partial charge in [0.1, 0.15) is 18.0 Å². The first kappa shape index (κ1) is 25.6. The van der Waals surface area contributed by atoms with E-state index in [0.29, 0.717) is 53.4 Å². The van der Waals surface area contributed by atoms with Gasteiger partial charge >= 0.3 is 0 Å². The Balaban J connectivity index is 1.73. The number of halogens is 2. The minimum absolute atomic E-state index is 0.00206. The lowest BCUT2D eigenvalue weighted by molar-refractivity contribution is -0.111. The number of ether oxygens (including phenoxy) is 1. The third-order valence-corrected chi connectivity index (χ3v) is 5.96. The largest absolute Gasteiger partial charge is 0.380 e. The monoisotopic (exact) mass is 507 g/mol. The number of hydrogen-bond acceptors (Lipinski definition) is 6. The van der Waals surface area contributed by atoms with Crippen LogP contribution in [0.5, 0.6) is 0 Å². The van der Waals surface area contributed by atoms with Crippen molar-refractivity contribution in [3.8, 4) is 11.8 Å². The fourth-order valence-electron chi connectivity index (χ4n) is 3.65. The van der Waals surface area contributed by atoms with E-state index in [9.17, 15) is 9.18 Å². The Bertz CT molecular complexity index is 1370. The summed E-state index contributed by atoms with van der Waals surface area (Å²) in [6.07, 6.45) is 5.56. The van der Waals surface area contributed by atoms with Gasteiger partial charge in [-0.15, -0.1) is 0 Å². The molecule has 3 aromatic rings. The topological polar surface area (TPSA) is 79.4 Å². The first-order valence-corrected chi connectivity index (χ1v) is 11.8. The highest BCUT2D eigenvalue weighted by atomic mass is 35.5. The molecule has 1 aliphatic rings. The third kappa shape index (κ3) is 6.38. The second-order valence-electron chi connectivity index (χ2n) is 9.16. The van der Waals surface area contributed by atoms with Crippen LogP contribution in [-0.2, 0) is 9.53 Å².